The Labute approximate surface area is 127 Å². The Hall–Kier alpha value is -1.71. The van der Waals surface area contributed by atoms with Crippen LogP contribution in [0.3, 0.4) is 0 Å². The highest BCUT2D eigenvalue weighted by atomic mass is 16.5. The molecule has 0 heterocycles. The fourth-order valence-electron chi connectivity index (χ4n) is 3.05. The van der Waals surface area contributed by atoms with E-state index in [1.54, 1.807) is 19.1 Å². The molecule has 4 heteroatoms. The standard InChI is InChI=1S/C17H26N2O2/c1-2-21-17(20)14-10-5-11-15(18)16(14)19-12-6-9-13-7-3-4-8-13/h5,10-11,13,19H,2-4,6-9,12,18H2,1H3. The first kappa shape index (κ1) is 15.7. The van der Waals surface area contributed by atoms with Crippen molar-refractivity contribution >= 4 is 17.3 Å². The molecule has 21 heavy (non-hydrogen) atoms. The van der Waals surface area contributed by atoms with Gasteiger partial charge in [0.15, 0.2) is 0 Å². The first-order valence-corrected chi connectivity index (χ1v) is 8.02. The summed E-state index contributed by atoms with van der Waals surface area (Å²) in [5.74, 6) is 0.576. The van der Waals surface area contributed by atoms with Gasteiger partial charge in [-0.3, -0.25) is 0 Å². The lowest BCUT2D eigenvalue weighted by Crippen LogP contribution is -2.13. The van der Waals surface area contributed by atoms with Gasteiger partial charge in [-0.25, -0.2) is 4.79 Å². The highest BCUT2D eigenvalue weighted by Crippen LogP contribution is 2.29. The minimum absolute atomic E-state index is 0.317. The Bertz CT molecular complexity index is 468. The quantitative estimate of drug-likeness (QED) is 0.455. The molecular formula is C17H26N2O2. The van der Waals surface area contributed by atoms with Crippen LogP contribution >= 0.6 is 0 Å². The topological polar surface area (TPSA) is 64.3 Å². The van der Waals surface area contributed by atoms with Crippen molar-refractivity contribution in [2.24, 2.45) is 5.92 Å². The van der Waals surface area contributed by atoms with E-state index in [4.69, 9.17) is 10.5 Å². The summed E-state index contributed by atoms with van der Waals surface area (Å²) in [5, 5.41) is 3.32. The fourth-order valence-corrected chi connectivity index (χ4v) is 3.05. The number of ether oxygens (including phenoxy) is 1. The number of esters is 1. The van der Waals surface area contributed by atoms with E-state index in [2.05, 4.69) is 5.32 Å². The summed E-state index contributed by atoms with van der Waals surface area (Å²) >= 11 is 0. The summed E-state index contributed by atoms with van der Waals surface area (Å²) in [6.07, 6.45) is 7.90. The highest BCUT2D eigenvalue weighted by Gasteiger charge is 2.16. The molecule has 0 spiro atoms. The minimum atomic E-state index is -0.317. The molecule has 2 rings (SSSR count). The van der Waals surface area contributed by atoms with E-state index in [1.807, 2.05) is 6.07 Å². The van der Waals surface area contributed by atoms with Gasteiger partial charge in [0.1, 0.15) is 0 Å². The zero-order valence-corrected chi connectivity index (χ0v) is 12.9. The van der Waals surface area contributed by atoms with Crippen molar-refractivity contribution in [3.63, 3.8) is 0 Å². The van der Waals surface area contributed by atoms with Crippen molar-refractivity contribution in [1.82, 2.24) is 0 Å². The molecule has 1 aromatic rings. The summed E-state index contributed by atoms with van der Waals surface area (Å²) in [6, 6.07) is 5.35. The number of nitrogen functional groups attached to an aromatic ring is 1. The molecule has 0 bridgehead atoms. The van der Waals surface area contributed by atoms with Crippen LogP contribution in [0.1, 0.15) is 55.8 Å². The third kappa shape index (κ3) is 4.38. The van der Waals surface area contributed by atoms with E-state index in [0.29, 0.717) is 23.5 Å². The van der Waals surface area contributed by atoms with Gasteiger partial charge in [-0.05, 0) is 37.8 Å². The Morgan fingerprint density at radius 3 is 2.86 bits per heavy atom. The third-order valence-electron chi connectivity index (χ3n) is 4.16. The second-order valence-electron chi connectivity index (χ2n) is 5.71. The summed E-state index contributed by atoms with van der Waals surface area (Å²) < 4.78 is 5.08. The van der Waals surface area contributed by atoms with Crippen LogP contribution in [-0.2, 0) is 4.74 Å². The minimum Gasteiger partial charge on any atom is -0.462 e. The van der Waals surface area contributed by atoms with Gasteiger partial charge in [0.2, 0.25) is 0 Å². The largest absolute Gasteiger partial charge is 0.462 e. The maximum absolute atomic E-state index is 11.9. The average Bonchev–Trinajstić information content (AvgIpc) is 2.98. The van der Waals surface area contributed by atoms with Crippen molar-refractivity contribution in [3.8, 4) is 0 Å². The number of anilines is 2. The Morgan fingerprint density at radius 1 is 1.38 bits per heavy atom. The first-order chi connectivity index (χ1) is 10.2. The van der Waals surface area contributed by atoms with Crippen molar-refractivity contribution in [2.75, 3.05) is 24.2 Å². The zero-order valence-electron chi connectivity index (χ0n) is 12.9. The van der Waals surface area contributed by atoms with Crippen molar-refractivity contribution < 1.29 is 9.53 Å². The maximum Gasteiger partial charge on any atom is 0.340 e. The van der Waals surface area contributed by atoms with E-state index in [9.17, 15) is 4.79 Å². The average molecular weight is 290 g/mol. The lowest BCUT2D eigenvalue weighted by molar-refractivity contribution is 0.0527. The van der Waals surface area contributed by atoms with E-state index >= 15 is 0 Å². The van der Waals surface area contributed by atoms with Gasteiger partial charge in [-0.1, -0.05) is 31.7 Å². The number of benzene rings is 1. The molecule has 1 saturated carbocycles. The number of para-hydroxylation sites is 1. The molecule has 0 radical (unpaired) electrons. The first-order valence-electron chi connectivity index (χ1n) is 8.02. The molecule has 1 aliphatic carbocycles. The van der Waals surface area contributed by atoms with Gasteiger partial charge >= 0.3 is 5.97 Å². The zero-order chi connectivity index (χ0) is 15.1. The van der Waals surface area contributed by atoms with E-state index in [0.717, 1.165) is 18.9 Å². The molecule has 1 aromatic carbocycles. The Balaban J connectivity index is 1.90. The molecule has 0 aromatic heterocycles. The van der Waals surface area contributed by atoms with Crippen LogP contribution in [0.2, 0.25) is 0 Å². The Morgan fingerprint density at radius 2 is 2.14 bits per heavy atom. The molecule has 0 aliphatic heterocycles. The fraction of sp³-hybridized carbons (Fsp3) is 0.588. The number of hydrogen-bond donors (Lipinski definition) is 2. The van der Waals surface area contributed by atoms with E-state index in [1.165, 1.54) is 32.1 Å². The smallest absolute Gasteiger partial charge is 0.340 e. The molecule has 1 aliphatic rings. The molecular weight excluding hydrogens is 264 g/mol. The van der Waals surface area contributed by atoms with Gasteiger partial charge in [0.05, 0.1) is 23.5 Å². The molecule has 0 atom stereocenters. The number of rotatable bonds is 7. The van der Waals surface area contributed by atoms with Gasteiger partial charge in [-0.2, -0.15) is 0 Å². The van der Waals surface area contributed by atoms with E-state index < -0.39 is 0 Å². The lowest BCUT2D eigenvalue weighted by Gasteiger charge is -2.14. The predicted molar refractivity (Wildman–Crippen MR) is 86.5 cm³/mol. The van der Waals surface area contributed by atoms with Crippen LogP contribution in [0.25, 0.3) is 0 Å². The molecule has 0 unspecified atom stereocenters. The van der Waals surface area contributed by atoms with Crippen molar-refractivity contribution in [3.05, 3.63) is 23.8 Å². The van der Waals surface area contributed by atoms with Crippen LogP contribution in [-0.4, -0.2) is 19.1 Å². The molecule has 0 saturated heterocycles. The number of hydrogen-bond acceptors (Lipinski definition) is 4. The van der Waals surface area contributed by atoms with Crippen LogP contribution < -0.4 is 11.1 Å². The number of carbonyl (C=O) groups is 1. The third-order valence-corrected chi connectivity index (χ3v) is 4.16. The van der Waals surface area contributed by atoms with Crippen LogP contribution in [0.15, 0.2) is 18.2 Å². The van der Waals surface area contributed by atoms with Crippen molar-refractivity contribution in [1.29, 1.82) is 0 Å². The lowest BCUT2D eigenvalue weighted by atomic mass is 10.0. The molecule has 3 N–H and O–H groups in total. The van der Waals surface area contributed by atoms with Crippen LogP contribution in [0.5, 0.6) is 0 Å². The molecule has 1 fully saturated rings. The SMILES string of the molecule is CCOC(=O)c1cccc(N)c1NCCCC1CCCC1. The number of carbonyl (C=O) groups excluding carboxylic acids is 1. The Kier molecular flexibility index (Phi) is 5.90. The summed E-state index contributed by atoms with van der Waals surface area (Å²) in [6.45, 7) is 3.02. The molecule has 116 valence electrons. The monoisotopic (exact) mass is 290 g/mol. The van der Waals surface area contributed by atoms with Crippen LogP contribution in [0.4, 0.5) is 11.4 Å². The summed E-state index contributed by atoms with van der Waals surface area (Å²) in [7, 11) is 0. The second-order valence-corrected chi connectivity index (χ2v) is 5.71. The van der Waals surface area contributed by atoms with Gasteiger partial charge in [0, 0.05) is 6.54 Å². The summed E-state index contributed by atoms with van der Waals surface area (Å²) in [5.41, 5.74) is 7.82. The summed E-state index contributed by atoms with van der Waals surface area (Å²) in [4.78, 5) is 11.9. The van der Waals surface area contributed by atoms with Crippen LogP contribution in [0, 0.1) is 5.92 Å². The number of nitrogens with two attached hydrogens (primary N) is 1. The second kappa shape index (κ2) is 7.91. The van der Waals surface area contributed by atoms with Crippen molar-refractivity contribution in [2.45, 2.75) is 45.4 Å². The van der Waals surface area contributed by atoms with Gasteiger partial charge < -0.3 is 15.8 Å². The maximum atomic E-state index is 11.9. The highest BCUT2D eigenvalue weighted by molar-refractivity contribution is 5.98. The molecule has 0 amide bonds. The number of nitrogens with one attached hydrogen (secondary N) is 1. The predicted octanol–water partition coefficient (Wildman–Crippen LogP) is 3.83. The van der Waals surface area contributed by atoms with Gasteiger partial charge in [0.25, 0.3) is 0 Å². The van der Waals surface area contributed by atoms with E-state index in [-0.39, 0.29) is 5.97 Å². The normalized spacial score (nSPS) is 15.1. The molecule has 4 nitrogen and oxygen atoms in total. The van der Waals surface area contributed by atoms with Gasteiger partial charge in [-0.15, -0.1) is 0 Å².